The Balaban J connectivity index is 1.57. The quantitative estimate of drug-likeness (QED) is 0.892. The van der Waals surface area contributed by atoms with Gasteiger partial charge in [0, 0.05) is 17.8 Å². The van der Waals surface area contributed by atoms with Gasteiger partial charge in [-0.15, -0.1) is 0 Å². The highest BCUT2D eigenvalue weighted by atomic mass is 16.6. The average Bonchev–Trinajstić information content (AvgIpc) is 2.91. The topological polar surface area (TPSA) is 85.6 Å². The highest BCUT2D eigenvalue weighted by molar-refractivity contribution is 5.93. The summed E-state index contributed by atoms with van der Waals surface area (Å²) in [6, 6.07) is 7.01. The maximum atomic E-state index is 11.9. The Bertz CT molecular complexity index is 653. The lowest BCUT2D eigenvalue weighted by Crippen LogP contribution is -2.22. The number of anilines is 2. The Kier molecular flexibility index (Phi) is 3.63. The molecule has 1 aromatic heterocycles. The third-order valence-corrected chi connectivity index (χ3v) is 2.88. The van der Waals surface area contributed by atoms with Crippen LogP contribution in [-0.2, 0) is 4.79 Å². The van der Waals surface area contributed by atoms with Gasteiger partial charge in [-0.1, -0.05) is 5.16 Å². The van der Waals surface area contributed by atoms with Crippen LogP contribution in [0.5, 0.6) is 11.5 Å². The minimum atomic E-state index is -0.188. The molecule has 1 aliphatic rings. The van der Waals surface area contributed by atoms with Crippen molar-refractivity contribution < 1.29 is 18.8 Å². The fraction of sp³-hybridized carbons (Fsp3) is 0.286. The number of amides is 1. The van der Waals surface area contributed by atoms with Crippen LogP contribution >= 0.6 is 0 Å². The molecule has 0 aliphatic carbocycles. The van der Waals surface area contributed by atoms with E-state index in [0.29, 0.717) is 42.0 Å². The first-order chi connectivity index (χ1) is 10.2. The summed E-state index contributed by atoms with van der Waals surface area (Å²) in [5.74, 6) is 2.36. The van der Waals surface area contributed by atoms with Gasteiger partial charge in [-0.2, -0.15) is 0 Å². The molecule has 7 nitrogen and oxygen atoms in total. The molecule has 1 aliphatic heterocycles. The number of rotatable bonds is 4. The van der Waals surface area contributed by atoms with E-state index in [1.54, 1.807) is 31.2 Å². The van der Waals surface area contributed by atoms with Crippen LogP contribution in [0.15, 0.2) is 28.8 Å². The van der Waals surface area contributed by atoms with Gasteiger partial charge < -0.3 is 24.6 Å². The molecule has 0 unspecified atom stereocenters. The van der Waals surface area contributed by atoms with Gasteiger partial charge in [0.05, 0.1) is 6.54 Å². The van der Waals surface area contributed by atoms with E-state index >= 15 is 0 Å². The molecule has 3 rings (SSSR count). The molecule has 0 fully saturated rings. The molecule has 0 spiro atoms. The number of hydrogen-bond acceptors (Lipinski definition) is 6. The summed E-state index contributed by atoms with van der Waals surface area (Å²) >= 11 is 0. The molecule has 7 heteroatoms. The van der Waals surface area contributed by atoms with Crippen molar-refractivity contribution in [1.29, 1.82) is 0 Å². The van der Waals surface area contributed by atoms with E-state index in [2.05, 4.69) is 15.8 Å². The Hall–Kier alpha value is -2.70. The molecule has 0 atom stereocenters. The average molecular weight is 289 g/mol. The molecule has 2 N–H and O–H groups in total. The smallest absolute Gasteiger partial charge is 0.243 e. The first-order valence-corrected chi connectivity index (χ1v) is 6.57. The van der Waals surface area contributed by atoms with Gasteiger partial charge in [0.15, 0.2) is 17.3 Å². The van der Waals surface area contributed by atoms with Gasteiger partial charge in [0.2, 0.25) is 5.91 Å². The van der Waals surface area contributed by atoms with Crippen LogP contribution in [0.4, 0.5) is 11.5 Å². The first-order valence-electron chi connectivity index (χ1n) is 6.57. The standard InChI is InChI=1S/C14H15N3O4/c1-9-6-13(17-21-9)15-8-14(18)16-10-2-3-11-12(7-10)20-5-4-19-11/h2-3,6-7H,4-5,8H2,1H3,(H,15,17)(H,16,18). The minimum Gasteiger partial charge on any atom is -0.486 e. The molecule has 0 saturated carbocycles. The van der Waals surface area contributed by atoms with Crippen LogP contribution in [0, 0.1) is 6.92 Å². The number of ether oxygens (including phenoxy) is 2. The lowest BCUT2D eigenvalue weighted by atomic mass is 10.2. The predicted octanol–water partition coefficient (Wildman–Crippen LogP) is 1.80. The molecule has 2 heterocycles. The SMILES string of the molecule is Cc1cc(NCC(=O)Nc2ccc3c(c2)OCCO3)no1. The lowest BCUT2D eigenvalue weighted by Gasteiger charge is -2.19. The number of carbonyl (C=O) groups is 1. The number of aryl methyl sites for hydroxylation is 1. The van der Waals surface area contributed by atoms with Crippen LogP contribution in [0.3, 0.4) is 0 Å². The number of nitrogens with one attached hydrogen (secondary N) is 2. The van der Waals surface area contributed by atoms with Crippen molar-refractivity contribution in [2.75, 3.05) is 30.4 Å². The third kappa shape index (κ3) is 3.25. The highest BCUT2D eigenvalue weighted by Crippen LogP contribution is 2.32. The molecule has 0 saturated heterocycles. The van der Waals surface area contributed by atoms with E-state index in [1.165, 1.54) is 0 Å². The van der Waals surface area contributed by atoms with Crippen molar-refractivity contribution >= 4 is 17.4 Å². The molecule has 1 amide bonds. The largest absolute Gasteiger partial charge is 0.486 e. The Labute approximate surface area is 121 Å². The first kappa shape index (κ1) is 13.3. The number of fused-ring (bicyclic) bond motifs is 1. The van der Waals surface area contributed by atoms with Crippen molar-refractivity contribution in [2.45, 2.75) is 6.92 Å². The summed E-state index contributed by atoms with van der Waals surface area (Å²) in [5.41, 5.74) is 0.655. The number of carbonyl (C=O) groups excluding carboxylic acids is 1. The molecule has 1 aromatic carbocycles. The zero-order chi connectivity index (χ0) is 14.7. The second kappa shape index (κ2) is 5.74. The number of benzene rings is 1. The van der Waals surface area contributed by atoms with E-state index in [4.69, 9.17) is 14.0 Å². The second-order valence-electron chi connectivity index (χ2n) is 4.58. The van der Waals surface area contributed by atoms with Crippen LogP contribution < -0.4 is 20.1 Å². The van der Waals surface area contributed by atoms with Crippen molar-refractivity contribution in [3.63, 3.8) is 0 Å². The van der Waals surface area contributed by atoms with E-state index in [9.17, 15) is 4.79 Å². The minimum absolute atomic E-state index is 0.0976. The fourth-order valence-corrected chi connectivity index (χ4v) is 1.95. The molecular weight excluding hydrogens is 274 g/mol. The lowest BCUT2D eigenvalue weighted by molar-refractivity contribution is -0.114. The Morgan fingerprint density at radius 2 is 2.05 bits per heavy atom. The van der Waals surface area contributed by atoms with E-state index < -0.39 is 0 Å². The second-order valence-corrected chi connectivity index (χ2v) is 4.58. The van der Waals surface area contributed by atoms with Gasteiger partial charge in [-0.05, 0) is 19.1 Å². The van der Waals surface area contributed by atoms with Crippen molar-refractivity contribution in [1.82, 2.24) is 5.16 Å². The van der Waals surface area contributed by atoms with Crippen LogP contribution in [0.2, 0.25) is 0 Å². The van der Waals surface area contributed by atoms with Gasteiger partial charge in [-0.3, -0.25) is 4.79 Å². The van der Waals surface area contributed by atoms with E-state index in [0.717, 1.165) is 0 Å². The van der Waals surface area contributed by atoms with Gasteiger partial charge >= 0.3 is 0 Å². The van der Waals surface area contributed by atoms with Crippen LogP contribution in [-0.4, -0.2) is 30.8 Å². The summed E-state index contributed by atoms with van der Waals surface area (Å²) < 4.78 is 15.8. The molecular formula is C14H15N3O4. The highest BCUT2D eigenvalue weighted by Gasteiger charge is 2.12. The Morgan fingerprint density at radius 3 is 2.81 bits per heavy atom. The fourth-order valence-electron chi connectivity index (χ4n) is 1.95. The molecule has 110 valence electrons. The summed E-state index contributed by atoms with van der Waals surface area (Å²) in [7, 11) is 0. The summed E-state index contributed by atoms with van der Waals surface area (Å²) in [6.45, 7) is 2.94. The zero-order valence-corrected chi connectivity index (χ0v) is 11.5. The van der Waals surface area contributed by atoms with Gasteiger partial charge in [0.1, 0.15) is 19.0 Å². The summed E-state index contributed by atoms with van der Waals surface area (Å²) in [5, 5.41) is 9.40. The van der Waals surface area contributed by atoms with Gasteiger partial charge in [0.25, 0.3) is 0 Å². The summed E-state index contributed by atoms with van der Waals surface area (Å²) in [4.78, 5) is 11.9. The van der Waals surface area contributed by atoms with Gasteiger partial charge in [-0.25, -0.2) is 0 Å². The van der Waals surface area contributed by atoms with E-state index in [-0.39, 0.29) is 12.5 Å². The predicted molar refractivity (Wildman–Crippen MR) is 75.8 cm³/mol. The number of hydrogen-bond donors (Lipinski definition) is 2. The Morgan fingerprint density at radius 1 is 1.24 bits per heavy atom. The van der Waals surface area contributed by atoms with Crippen molar-refractivity contribution in [3.8, 4) is 11.5 Å². The van der Waals surface area contributed by atoms with Crippen molar-refractivity contribution in [2.24, 2.45) is 0 Å². The van der Waals surface area contributed by atoms with E-state index in [1.807, 2.05) is 0 Å². The maximum Gasteiger partial charge on any atom is 0.243 e. The summed E-state index contributed by atoms with van der Waals surface area (Å²) in [6.07, 6.45) is 0. The number of nitrogens with zero attached hydrogens (tertiary/aromatic N) is 1. The molecule has 0 radical (unpaired) electrons. The van der Waals surface area contributed by atoms with Crippen molar-refractivity contribution in [3.05, 3.63) is 30.0 Å². The zero-order valence-electron chi connectivity index (χ0n) is 11.5. The molecule has 2 aromatic rings. The molecule has 0 bridgehead atoms. The third-order valence-electron chi connectivity index (χ3n) is 2.88. The monoisotopic (exact) mass is 289 g/mol. The maximum absolute atomic E-state index is 11.9. The number of aromatic nitrogens is 1. The van der Waals surface area contributed by atoms with Crippen LogP contribution in [0.25, 0.3) is 0 Å². The molecule has 21 heavy (non-hydrogen) atoms. The van der Waals surface area contributed by atoms with Crippen LogP contribution in [0.1, 0.15) is 5.76 Å². The normalized spacial score (nSPS) is 12.8.